The standard InChI is InChI=1S/C14H18N4/c1-9-4-5-12(6-10(9)2)14(18-15)13-8-16-11(3)7-17-13/h4-8,14,18H,15H2,1-3H3. The molecule has 2 aromatic rings. The van der Waals surface area contributed by atoms with E-state index in [1.807, 2.05) is 6.92 Å². The Kier molecular flexibility index (Phi) is 3.69. The Labute approximate surface area is 107 Å². The van der Waals surface area contributed by atoms with E-state index in [0.717, 1.165) is 17.0 Å². The van der Waals surface area contributed by atoms with Gasteiger partial charge in [0.2, 0.25) is 0 Å². The van der Waals surface area contributed by atoms with Gasteiger partial charge in [0.25, 0.3) is 0 Å². The third-order valence-corrected chi connectivity index (χ3v) is 3.13. The maximum Gasteiger partial charge on any atom is 0.0897 e. The molecule has 94 valence electrons. The molecule has 0 radical (unpaired) electrons. The number of nitrogens with two attached hydrogens (primary N) is 1. The van der Waals surface area contributed by atoms with Crippen LogP contribution in [0, 0.1) is 20.8 Å². The first-order valence-electron chi connectivity index (χ1n) is 5.93. The van der Waals surface area contributed by atoms with Gasteiger partial charge in [-0.3, -0.25) is 15.8 Å². The van der Waals surface area contributed by atoms with E-state index in [1.54, 1.807) is 12.4 Å². The largest absolute Gasteiger partial charge is 0.271 e. The Morgan fingerprint density at radius 3 is 2.39 bits per heavy atom. The van der Waals surface area contributed by atoms with Crippen molar-refractivity contribution in [3.8, 4) is 0 Å². The molecule has 0 aliphatic heterocycles. The van der Waals surface area contributed by atoms with Gasteiger partial charge in [0, 0.05) is 6.20 Å². The zero-order valence-electron chi connectivity index (χ0n) is 10.9. The van der Waals surface area contributed by atoms with E-state index < -0.39 is 0 Å². The Bertz CT molecular complexity index is 534. The number of rotatable bonds is 3. The molecule has 0 spiro atoms. The molecule has 0 fully saturated rings. The van der Waals surface area contributed by atoms with Crippen LogP contribution in [0.1, 0.15) is 34.1 Å². The van der Waals surface area contributed by atoms with E-state index in [9.17, 15) is 0 Å². The van der Waals surface area contributed by atoms with Gasteiger partial charge >= 0.3 is 0 Å². The van der Waals surface area contributed by atoms with Gasteiger partial charge in [-0.1, -0.05) is 18.2 Å². The van der Waals surface area contributed by atoms with Gasteiger partial charge in [0.15, 0.2) is 0 Å². The van der Waals surface area contributed by atoms with Gasteiger partial charge in [-0.2, -0.15) is 0 Å². The lowest BCUT2D eigenvalue weighted by Gasteiger charge is -2.16. The van der Waals surface area contributed by atoms with Gasteiger partial charge in [-0.05, 0) is 37.5 Å². The lowest BCUT2D eigenvalue weighted by molar-refractivity contribution is 0.616. The number of nitrogens with zero attached hydrogens (tertiary/aromatic N) is 2. The van der Waals surface area contributed by atoms with Crippen molar-refractivity contribution < 1.29 is 0 Å². The molecule has 3 N–H and O–H groups in total. The average molecular weight is 242 g/mol. The number of hydrazine groups is 1. The average Bonchev–Trinajstić information content (AvgIpc) is 2.37. The normalized spacial score (nSPS) is 12.4. The predicted octanol–water partition coefficient (Wildman–Crippen LogP) is 1.95. The topological polar surface area (TPSA) is 63.8 Å². The second-order valence-electron chi connectivity index (χ2n) is 4.53. The highest BCUT2D eigenvalue weighted by Gasteiger charge is 2.14. The number of aromatic nitrogens is 2. The van der Waals surface area contributed by atoms with Crippen LogP contribution in [0.15, 0.2) is 30.6 Å². The monoisotopic (exact) mass is 242 g/mol. The lowest BCUT2D eigenvalue weighted by atomic mass is 9.99. The SMILES string of the molecule is Cc1cnc(C(NN)c2ccc(C)c(C)c2)cn1. The predicted molar refractivity (Wildman–Crippen MR) is 71.9 cm³/mol. The van der Waals surface area contributed by atoms with Crippen LogP contribution in [0.2, 0.25) is 0 Å². The molecule has 4 heteroatoms. The van der Waals surface area contributed by atoms with Crippen molar-refractivity contribution in [2.45, 2.75) is 26.8 Å². The van der Waals surface area contributed by atoms with Crippen molar-refractivity contribution in [3.05, 3.63) is 58.7 Å². The highest BCUT2D eigenvalue weighted by Crippen LogP contribution is 2.21. The molecule has 1 unspecified atom stereocenters. The van der Waals surface area contributed by atoms with Crippen LogP contribution in [-0.4, -0.2) is 9.97 Å². The molecule has 0 bridgehead atoms. The molecule has 1 heterocycles. The van der Waals surface area contributed by atoms with Crippen molar-refractivity contribution in [2.24, 2.45) is 5.84 Å². The summed E-state index contributed by atoms with van der Waals surface area (Å²) in [6.07, 6.45) is 3.51. The van der Waals surface area contributed by atoms with Crippen molar-refractivity contribution in [1.29, 1.82) is 0 Å². The molecule has 0 amide bonds. The molecule has 18 heavy (non-hydrogen) atoms. The fourth-order valence-corrected chi connectivity index (χ4v) is 1.85. The summed E-state index contributed by atoms with van der Waals surface area (Å²) in [6, 6.07) is 6.16. The fraction of sp³-hybridized carbons (Fsp3) is 0.286. The summed E-state index contributed by atoms with van der Waals surface area (Å²) in [5.41, 5.74) is 8.13. The Morgan fingerprint density at radius 2 is 1.83 bits per heavy atom. The maximum absolute atomic E-state index is 5.65. The highest BCUT2D eigenvalue weighted by molar-refractivity contribution is 5.34. The van der Waals surface area contributed by atoms with Crippen LogP contribution in [0.4, 0.5) is 0 Å². The molecule has 0 aliphatic rings. The molecule has 0 saturated carbocycles. The van der Waals surface area contributed by atoms with E-state index in [2.05, 4.69) is 47.4 Å². The maximum atomic E-state index is 5.65. The van der Waals surface area contributed by atoms with Crippen LogP contribution in [-0.2, 0) is 0 Å². The van der Waals surface area contributed by atoms with Gasteiger partial charge < -0.3 is 0 Å². The van der Waals surface area contributed by atoms with E-state index >= 15 is 0 Å². The number of nitrogens with one attached hydrogen (secondary N) is 1. The minimum absolute atomic E-state index is 0.127. The Morgan fingerprint density at radius 1 is 1.06 bits per heavy atom. The Hall–Kier alpha value is -1.78. The van der Waals surface area contributed by atoms with Crippen molar-refractivity contribution in [3.63, 3.8) is 0 Å². The molecule has 0 aliphatic carbocycles. The molecule has 1 aromatic heterocycles. The number of hydrogen-bond donors (Lipinski definition) is 2. The minimum Gasteiger partial charge on any atom is -0.271 e. The van der Waals surface area contributed by atoms with Crippen molar-refractivity contribution >= 4 is 0 Å². The van der Waals surface area contributed by atoms with Crippen molar-refractivity contribution in [1.82, 2.24) is 15.4 Å². The van der Waals surface area contributed by atoms with Crippen LogP contribution < -0.4 is 11.3 Å². The fourth-order valence-electron chi connectivity index (χ4n) is 1.85. The van der Waals surface area contributed by atoms with Gasteiger partial charge in [-0.15, -0.1) is 0 Å². The molecule has 1 atom stereocenters. The number of aryl methyl sites for hydroxylation is 3. The van der Waals surface area contributed by atoms with Crippen LogP contribution in [0.3, 0.4) is 0 Å². The zero-order valence-corrected chi connectivity index (χ0v) is 10.9. The van der Waals surface area contributed by atoms with Gasteiger partial charge in [0.05, 0.1) is 23.6 Å². The first kappa shape index (κ1) is 12.7. The minimum atomic E-state index is -0.127. The lowest BCUT2D eigenvalue weighted by Crippen LogP contribution is -2.29. The summed E-state index contributed by atoms with van der Waals surface area (Å²) in [7, 11) is 0. The van der Waals surface area contributed by atoms with Gasteiger partial charge in [-0.25, -0.2) is 5.43 Å². The molecule has 2 rings (SSSR count). The third-order valence-electron chi connectivity index (χ3n) is 3.13. The zero-order chi connectivity index (χ0) is 13.1. The molecular weight excluding hydrogens is 224 g/mol. The molecule has 4 nitrogen and oxygen atoms in total. The highest BCUT2D eigenvalue weighted by atomic mass is 15.2. The summed E-state index contributed by atoms with van der Waals surface area (Å²) >= 11 is 0. The summed E-state index contributed by atoms with van der Waals surface area (Å²) in [5.74, 6) is 5.65. The summed E-state index contributed by atoms with van der Waals surface area (Å²) in [5, 5.41) is 0. The van der Waals surface area contributed by atoms with E-state index in [0.29, 0.717) is 0 Å². The first-order chi connectivity index (χ1) is 8.61. The van der Waals surface area contributed by atoms with E-state index in [4.69, 9.17) is 5.84 Å². The molecule has 1 aromatic carbocycles. The molecule has 0 saturated heterocycles. The number of hydrogen-bond acceptors (Lipinski definition) is 4. The van der Waals surface area contributed by atoms with Crippen LogP contribution in [0.5, 0.6) is 0 Å². The number of benzene rings is 1. The summed E-state index contributed by atoms with van der Waals surface area (Å²) in [4.78, 5) is 8.63. The third kappa shape index (κ3) is 2.55. The first-order valence-corrected chi connectivity index (χ1v) is 5.93. The summed E-state index contributed by atoms with van der Waals surface area (Å²) in [6.45, 7) is 6.10. The smallest absolute Gasteiger partial charge is 0.0897 e. The summed E-state index contributed by atoms with van der Waals surface area (Å²) < 4.78 is 0. The second-order valence-corrected chi connectivity index (χ2v) is 4.53. The van der Waals surface area contributed by atoms with E-state index in [1.165, 1.54) is 11.1 Å². The molecular formula is C14H18N4. The van der Waals surface area contributed by atoms with Gasteiger partial charge in [0.1, 0.15) is 0 Å². The Balaban J connectivity index is 2.38. The van der Waals surface area contributed by atoms with Crippen molar-refractivity contribution in [2.75, 3.05) is 0 Å². The second kappa shape index (κ2) is 5.25. The quantitative estimate of drug-likeness (QED) is 0.638. The van der Waals surface area contributed by atoms with E-state index in [-0.39, 0.29) is 6.04 Å². The van der Waals surface area contributed by atoms with Crippen LogP contribution in [0.25, 0.3) is 0 Å². The van der Waals surface area contributed by atoms with Crippen LogP contribution >= 0.6 is 0 Å².